The molecule has 2 nitrogen and oxygen atoms in total. The van der Waals surface area contributed by atoms with Crippen LogP contribution in [-0.4, -0.2) is 0 Å². The molecule has 0 saturated carbocycles. The van der Waals surface area contributed by atoms with E-state index >= 15 is 0 Å². The van der Waals surface area contributed by atoms with E-state index in [9.17, 15) is 0 Å². The molecule has 0 aromatic rings. The Morgan fingerprint density at radius 2 is 1.75 bits per heavy atom. The quantitative estimate of drug-likeness (QED) is 0.218. The molecule has 0 radical (unpaired) electrons. The van der Waals surface area contributed by atoms with Gasteiger partial charge in [0.2, 0.25) is 0 Å². The van der Waals surface area contributed by atoms with Gasteiger partial charge >= 0.3 is 18.9 Å². The average molecular weight is 70.9 g/mol. The van der Waals surface area contributed by atoms with E-state index in [-0.39, 0.29) is 18.9 Å². The first kappa shape index (κ1) is 8.82. The summed E-state index contributed by atoms with van der Waals surface area (Å²) in [5.41, 5.74) is 0. The SMILES string of the molecule is O=[PH+][O-].[Li+]. The Kier molecular flexibility index (Phi) is 20.7. The van der Waals surface area contributed by atoms with Crippen LogP contribution in [0.2, 0.25) is 0 Å². The zero-order chi connectivity index (χ0) is 2.71. The maximum absolute atomic E-state index is 8.40. The fourth-order valence-corrected chi connectivity index (χ4v) is 0. The van der Waals surface area contributed by atoms with Gasteiger partial charge in [-0.2, -0.15) is 0 Å². The van der Waals surface area contributed by atoms with Crippen LogP contribution in [0.4, 0.5) is 0 Å². The van der Waals surface area contributed by atoms with Crippen molar-refractivity contribution in [2.24, 2.45) is 0 Å². The van der Waals surface area contributed by atoms with Gasteiger partial charge in [-0.1, -0.05) is 4.57 Å². The van der Waals surface area contributed by atoms with Gasteiger partial charge < -0.3 is 4.89 Å². The van der Waals surface area contributed by atoms with Crippen LogP contribution < -0.4 is 23.8 Å². The Morgan fingerprint density at radius 3 is 1.75 bits per heavy atom. The average Bonchev–Trinajstić information content (AvgIpc) is 0.918. The topological polar surface area (TPSA) is 40.1 Å². The van der Waals surface area contributed by atoms with Crippen LogP contribution in [0, 0.1) is 0 Å². The Labute approximate surface area is 37.7 Å². The number of hydrogen-bond donors (Lipinski definition) is 0. The Balaban J connectivity index is 0. The van der Waals surface area contributed by atoms with Crippen molar-refractivity contribution in [2.45, 2.75) is 0 Å². The molecule has 0 amide bonds. The van der Waals surface area contributed by atoms with Crippen molar-refractivity contribution in [1.82, 2.24) is 0 Å². The van der Waals surface area contributed by atoms with Gasteiger partial charge in [-0.25, -0.2) is 0 Å². The molecule has 0 heterocycles. The summed E-state index contributed by atoms with van der Waals surface area (Å²) in [5.74, 6) is 0. The van der Waals surface area contributed by atoms with Crippen LogP contribution in [0.5, 0.6) is 0 Å². The van der Waals surface area contributed by atoms with Gasteiger partial charge in [0.05, 0.1) is 0 Å². The van der Waals surface area contributed by atoms with E-state index in [0.29, 0.717) is 0 Å². The molecule has 0 aliphatic rings. The second kappa shape index (κ2) is 9.40. The Morgan fingerprint density at radius 1 is 1.75 bits per heavy atom. The summed E-state index contributed by atoms with van der Waals surface area (Å²) in [6.45, 7) is 0. The van der Waals surface area contributed by atoms with Crippen LogP contribution in [-0.2, 0) is 4.57 Å². The maximum Gasteiger partial charge on any atom is 1.00 e. The van der Waals surface area contributed by atoms with Crippen molar-refractivity contribution >= 4 is 8.69 Å². The molecule has 0 N–H and O–H groups in total. The molecule has 0 aromatic carbocycles. The third-order valence-corrected chi connectivity index (χ3v) is 0. The van der Waals surface area contributed by atoms with E-state index in [4.69, 9.17) is 9.46 Å². The molecule has 0 saturated heterocycles. The molecule has 0 rings (SSSR count). The van der Waals surface area contributed by atoms with E-state index < -0.39 is 8.69 Å². The minimum Gasteiger partial charge on any atom is -0.597 e. The van der Waals surface area contributed by atoms with Crippen LogP contribution >= 0.6 is 8.69 Å². The second-order valence-electron chi connectivity index (χ2n) is 0.0833. The summed E-state index contributed by atoms with van der Waals surface area (Å²) in [5, 5.41) is 0. The Bertz CT molecular complexity index is 13.5. The third-order valence-electron chi connectivity index (χ3n) is 0. The molecule has 0 aromatic heterocycles. The molecule has 4 heavy (non-hydrogen) atoms. The summed E-state index contributed by atoms with van der Waals surface area (Å²) in [6, 6.07) is 0. The van der Waals surface area contributed by atoms with E-state index in [1.807, 2.05) is 0 Å². The molecular formula is HLiO2P+. The summed E-state index contributed by atoms with van der Waals surface area (Å²) < 4.78 is 8.40. The van der Waals surface area contributed by atoms with E-state index in [2.05, 4.69) is 0 Å². The smallest absolute Gasteiger partial charge is 0.597 e. The van der Waals surface area contributed by atoms with Gasteiger partial charge in [0.15, 0.2) is 0 Å². The molecule has 1 unspecified atom stereocenters. The van der Waals surface area contributed by atoms with Crippen LogP contribution in [0.1, 0.15) is 0 Å². The fraction of sp³-hybridized carbons (Fsp3) is 0. The molecule has 0 spiro atoms. The fourth-order valence-electron chi connectivity index (χ4n) is 0. The Hall–Kier alpha value is 0.657. The molecule has 18 valence electrons. The third kappa shape index (κ3) is 16.9. The predicted molar refractivity (Wildman–Crippen MR) is 9.00 cm³/mol. The van der Waals surface area contributed by atoms with Gasteiger partial charge in [0, 0.05) is 0 Å². The molecule has 1 atom stereocenters. The van der Waals surface area contributed by atoms with Gasteiger partial charge in [-0.05, 0) is 0 Å². The minimum absolute atomic E-state index is 0. The van der Waals surface area contributed by atoms with Crippen LogP contribution in [0.3, 0.4) is 0 Å². The summed E-state index contributed by atoms with van der Waals surface area (Å²) in [6.07, 6.45) is 0. The van der Waals surface area contributed by atoms with Crippen molar-refractivity contribution in [3.8, 4) is 0 Å². The van der Waals surface area contributed by atoms with Gasteiger partial charge in [-0.3, -0.25) is 0 Å². The van der Waals surface area contributed by atoms with Crippen molar-refractivity contribution in [2.75, 3.05) is 0 Å². The molecular weight excluding hydrogens is 69.9 g/mol. The molecule has 0 aliphatic heterocycles. The maximum atomic E-state index is 8.40. The van der Waals surface area contributed by atoms with Crippen LogP contribution in [0.25, 0.3) is 0 Å². The van der Waals surface area contributed by atoms with Crippen molar-refractivity contribution in [3.05, 3.63) is 0 Å². The summed E-state index contributed by atoms with van der Waals surface area (Å²) >= 11 is 0. The van der Waals surface area contributed by atoms with E-state index in [1.54, 1.807) is 0 Å². The first-order chi connectivity index (χ1) is 1.41. The van der Waals surface area contributed by atoms with Crippen molar-refractivity contribution in [1.29, 1.82) is 0 Å². The minimum atomic E-state index is -1.42. The zero-order valence-corrected chi connectivity index (χ0v) is 3.32. The van der Waals surface area contributed by atoms with Gasteiger partial charge in [0.25, 0.3) is 8.69 Å². The largest absolute Gasteiger partial charge is 1.00 e. The van der Waals surface area contributed by atoms with E-state index in [0.717, 1.165) is 0 Å². The first-order valence-corrected chi connectivity index (χ1v) is 1.22. The second-order valence-corrected chi connectivity index (χ2v) is 0.250. The molecule has 0 fully saturated rings. The normalized spacial score (nSPS) is 5.25. The van der Waals surface area contributed by atoms with Gasteiger partial charge in [-0.15, -0.1) is 0 Å². The van der Waals surface area contributed by atoms with Crippen molar-refractivity contribution < 1.29 is 28.3 Å². The predicted octanol–water partition coefficient (Wildman–Crippen LogP) is -3.71. The van der Waals surface area contributed by atoms with Crippen LogP contribution in [0.15, 0.2) is 0 Å². The number of hydrogen-bond acceptors (Lipinski definition) is 2. The van der Waals surface area contributed by atoms with E-state index in [1.165, 1.54) is 0 Å². The monoisotopic (exact) mass is 71.0 g/mol. The van der Waals surface area contributed by atoms with Crippen molar-refractivity contribution in [3.63, 3.8) is 0 Å². The number of rotatable bonds is 0. The molecule has 0 bridgehead atoms. The standard InChI is InChI=1S/Li.HO2P/c;1-3-2/h;3H/q+1;. The summed E-state index contributed by atoms with van der Waals surface area (Å²) in [7, 11) is -1.42. The molecule has 0 aliphatic carbocycles. The van der Waals surface area contributed by atoms with Gasteiger partial charge in [0.1, 0.15) is 0 Å². The first-order valence-electron chi connectivity index (χ1n) is 0.408. The summed E-state index contributed by atoms with van der Waals surface area (Å²) in [4.78, 5) is 8.40. The zero-order valence-electron chi connectivity index (χ0n) is 2.32. The molecule has 4 heteroatoms.